The van der Waals surface area contributed by atoms with E-state index >= 15 is 0 Å². The van der Waals surface area contributed by atoms with Crippen LogP contribution in [-0.2, 0) is 24.8 Å². The molecule has 0 saturated carbocycles. The fourth-order valence-corrected chi connectivity index (χ4v) is 7.03. The lowest BCUT2D eigenvalue weighted by molar-refractivity contribution is -0.134. The van der Waals surface area contributed by atoms with E-state index in [1.165, 1.54) is 42.0 Å². The minimum atomic E-state index is -4.83. The monoisotopic (exact) mass is 604 g/mol. The van der Waals surface area contributed by atoms with Crippen molar-refractivity contribution in [3.05, 3.63) is 81.7 Å². The minimum Gasteiger partial charge on any atom is -0.451 e. The van der Waals surface area contributed by atoms with Crippen LogP contribution in [0.25, 0.3) is 0 Å². The third-order valence-electron chi connectivity index (χ3n) is 5.72. The predicted molar refractivity (Wildman–Crippen MR) is 131 cm³/mol. The maximum Gasteiger partial charge on any atom is 0.268 e. The first-order chi connectivity index (χ1) is 18.4. The standard InChI is InChI=1S/C22H19ClF2N4O8S2/c23-13-3-5-14(6-4-13)37-20-16(24)10-15(11-17(20)25)38(33,34)29-9-8-28(12-18(29)21(30)27-32)39(35,36)19-2-1-7-26-22(19)31/h1-7,10-11,18,32H,8-9,12H2,(H,26,31)(H,27,30)/t18-/m1/s1. The highest BCUT2D eigenvalue weighted by Crippen LogP contribution is 2.32. The molecule has 1 amide bonds. The molecule has 3 N–H and O–H groups in total. The number of hydrogen-bond donors (Lipinski definition) is 3. The Bertz CT molecular complexity index is 1660. The number of piperazine rings is 1. The molecule has 39 heavy (non-hydrogen) atoms. The fraction of sp³-hybridized carbons (Fsp3) is 0.182. The second-order valence-corrected chi connectivity index (χ2v) is 12.3. The maximum absolute atomic E-state index is 14.8. The summed E-state index contributed by atoms with van der Waals surface area (Å²) in [6, 6.07) is 6.86. The van der Waals surface area contributed by atoms with Crippen molar-refractivity contribution >= 4 is 37.6 Å². The molecule has 1 saturated heterocycles. The zero-order chi connectivity index (χ0) is 28.5. The third-order valence-corrected chi connectivity index (χ3v) is 9.75. The van der Waals surface area contributed by atoms with Crippen LogP contribution < -0.4 is 15.8 Å². The van der Waals surface area contributed by atoms with Gasteiger partial charge in [-0.3, -0.25) is 14.8 Å². The van der Waals surface area contributed by atoms with Crippen LogP contribution in [0.4, 0.5) is 8.78 Å². The average molecular weight is 605 g/mol. The number of nitrogens with one attached hydrogen (secondary N) is 2. The van der Waals surface area contributed by atoms with E-state index in [0.717, 1.165) is 6.07 Å². The number of carbonyl (C=O) groups excluding carboxylic acids is 1. The molecule has 0 spiro atoms. The molecule has 12 nitrogen and oxygen atoms in total. The predicted octanol–water partition coefficient (Wildman–Crippen LogP) is 1.67. The number of benzene rings is 2. The highest BCUT2D eigenvalue weighted by atomic mass is 35.5. The van der Waals surface area contributed by atoms with Gasteiger partial charge in [0.25, 0.3) is 11.5 Å². The van der Waals surface area contributed by atoms with E-state index in [0.29, 0.717) is 25.8 Å². The van der Waals surface area contributed by atoms with Gasteiger partial charge in [0.05, 0.1) is 4.90 Å². The van der Waals surface area contributed by atoms with Gasteiger partial charge in [-0.2, -0.15) is 8.61 Å². The van der Waals surface area contributed by atoms with Gasteiger partial charge in [-0.1, -0.05) is 11.6 Å². The second-order valence-electron chi connectivity index (χ2n) is 8.11. The van der Waals surface area contributed by atoms with Gasteiger partial charge in [0.15, 0.2) is 17.4 Å². The molecule has 1 aromatic heterocycles. The highest BCUT2D eigenvalue weighted by molar-refractivity contribution is 7.89. The van der Waals surface area contributed by atoms with Crippen LogP contribution in [0.2, 0.25) is 5.02 Å². The summed E-state index contributed by atoms with van der Waals surface area (Å²) < 4.78 is 88.8. The van der Waals surface area contributed by atoms with Crippen LogP contribution in [0.3, 0.4) is 0 Å². The average Bonchev–Trinajstić information content (AvgIpc) is 2.91. The van der Waals surface area contributed by atoms with Gasteiger partial charge < -0.3 is 9.72 Å². The summed E-state index contributed by atoms with van der Waals surface area (Å²) in [6.07, 6.45) is 1.21. The fourth-order valence-electron chi connectivity index (χ4n) is 3.82. The van der Waals surface area contributed by atoms with E-state index < -0.39 is 84.4 Å². The number of carbonyl (C=O) groups is 1. The molecule has 0 radical (unpaired) electrons. The quantitative estimate of drug-likeness (QED) is 0.270. The van der Waals surface area contributed by atoms with E-state index in [-0.39, 0.29) is 5.75 Å². The third kappa shape index (κ3) is 5.66. The normalized spacial score (nSPS) is 17.1. The smallest absolute Gasteiger partial charge is 0.268 e. The molecule has 2 heterocycles. The Balaban J connectivity index is 1.66. The van der Waals surface area contributed by atoms with E-state index in [4.69, 9.17) is 16.3 Å². The van der Waals surface area contributed by atoms with Crippen molar-refractivity contribution in [1.29, 1.82) is 0 Å². The Labute approximate surface area is 225 Å². The minimum absolute atomic E-state index is 0.0158. The number of hydrogen-bond acceptors (Lipinski definition) is 8. The lowest BCUT2D eigenvalue weighted by Crippen LogP contribution is -2.61. The molecule has 1 fully saturated rings. The van der Waals surface area contributed by atoms with Gasteiger partial charge in [-0.05, 0) is 48.5 Å². The summed E-state index contributed by atoms with van der Waals surface area (Å²) >= 11 is 5.77. The molecule has 0 bridgehead atoms. The summed E-state index contributed by atoms with van der Waals surface area (Å²) in [6.45, 7) is -1.99. The Morgan fingerprint density at radius 2 is 1.69 bits per heavy atom. The molecule has 3 aromatic rings. The highest BCUT2D eigenvalue weighted by Gasteiger charge is 2.44. The first-order valence-corrected chi connectivity index (χ1v) is 14.2. The molecule has 208 valence electrons. The number of ether oxygens (including phenoxy) is 1. The lowest BCUT2D eigenvalue weighted by atomic mass is 10.2. The van der Waals surface area contributed by atoms with Gasteiger partial charge in [0.1, 0.15) is 16.7 Å². The molecule has 17 heteroatoms. The van der Waals surface area contributed by atoms with Gasteiger partial charge in [-0.15, -0.1) is 0 Å². The second kappa shape index (κ2) is 11.0. The van der Waals surface area contributed by atoms with Crippen LogP contribution in [0.1, 0.15) is 0 Å². The Kier molecular flexibility index (Phi) is 8.06. The molecule has 0 unspecified atom stereocenters. The lowest BCUT2D eigenvalue weighted by Gasteiger charge is -2.38. The van der Waals surface area contributed by atoms with Crippen LogP contribution >= 0.6 is 11.6 Å². The number of halogens is 3. The number of aromatic amines is 1. The van der Waals surface area contributed by atoms with E-state index in [1.807, 2.05) is 0 Å². The molecular weight excluding hydrogens is 586 g/mol. The number of sulfonamides is 2. The summed E-state index contributed by atoms with van der Waals surface area (Å²) in [4.78, 5) is 25.1. The Morgan fingerprint density at radius 3 is 2.28 bits per heavy atom. The zero-order valence-corrected chi connectivity index (χ0v) is 21.9. The van der Waals surface area contributed by atoms with Crippen molar-refractivity contribution in [2.45, 2.75) is 15.8 Å². The molecule has 1 aliphatic heterocycles. The van der Waals surface area contributed by atoms with Gasteiger partial charge in [-0.25, -0.2) is 31.1 Å². The van der Waals surface area contributed by atoms with Crippen molar-refractivity contribution in [2.75, 3.05) is 19.6 Å². The number of rotatable bonds is 7. The van der Waals surface area contributed by atoms with Crippen molar-refractivity contribution in [3.8, 4) is 11.5 Å². The number of nitrogens with zero attached hydrogens (tertiary/aromatic N) is 2. The number of aromatic nitrogens is 1. The van der Waals surface area contributed by atoms with Crippen LogP contribution in [-0.4, -0.2) is 67.2 Å². The van der Waals surface area contributed by atoms with E-state index in [9.17, 15) is 40.4 Å². The topological polar surface area (TPSA) is 166 Å². The van der Waals surface area contributed by atoms with Crippen molar-refractivity contribution in [3.63, 3.8) is 0 Å². The molecule has 0 aliphatic carbocycles. The van der Waals surface area contributed by atoms with E-state index in [1.54, 1.807) is 0 Å². The van der Waals surface area contributed by atoms with E-state index in [2.05, 4.69) is 4.98 Å². The zero-order valence-electron chi connectivity index (χ0n) is 19.5. The number of hydroxylamine groups is 1. The SMILES string of the molecule is O=C(NO)[C@H]1CN(S(=O)(=O)c2ccc[nH]c2=O)CCN1S(=O)(=O)c1cc(F)c(Oc2ccc(Cl)cc2)c(F)c1. The molecule has 4 rings (SSSR count). The summed E-state index contributed by atoms with van der Waals surface area (Å²) in [5.74, 6) is -4.96. The molecule has 2 aromatic carbocycles. The van der Waals surface area contributed by atoms with Crippen LogP contribution in [0.5, 0.6) is 11.5 Å². The number of amides is 1. The Morgan fingerprint density at radius 1 is 1.05 bits per heavy atom. The largest absolute Gasteiger partial charge is 0.451 e. The Hall–Kier alpha value is -3.41. The number of pyridine rings is 1. The van der Waals surface area contributed by atoms with Crippen molar-refractivity contribution in [1.82, 2.24) is 19.1 Å². The van der Waals surface area contributed by atoms with Crippen LogP contribution in [0, 0.1) is 11.6 Å². The summed E-state index contributed by atoms with van der Waals surface area (Å²) in [7, 11) is -9.32. The van der Waals surface area contributed by atoms with Gasteiger partial charge in [0, 0.05) is 30.9 Å². The molecule has 1 aliphatic rings. The maximum atomic E-state index is 14.8. The van der Waals surface area contributed by atoms with Crippen molar-refractivity contribution < 1.29 is 40.4 Å². The van der Waals surface area contributed by atoms with Crippen LogP contribution in [0.15, 0.2) is 69.3 Å². The van der Waals surface area contributed by atoms with Crippen molar-refractivity contribution in [2.24, 2.45) is 0 Å². The first kappa shape index (κ1) is 28.6. The van der Waals surface area contributed by atoms with Gasteiger partial charge in [0.2, 0.25) is 20.0 Å². The number of H-pyrrole nitrogens is 1. The molecule has 1 atom stereocenters. The molecular formula is C22H19ClF2N4O8S2. The van der Waals surface area contributed by atoms with Gasteiger partial charge >= 0.3 is 0 Å². The summed E-state index contributed by atoms with van der Waals surface area (Å²) in [5, 5.41) is 9.53. The first-order valence-electron chi connectivity index (χ1n) is 10.9. The summed E-state index contributed by atoms with van der Waals surface area (Å²) in [5.41, 5.74) is 0.320.